The van der Waals surface area contributed by atoms with Crippen molar-refractivity contribution >= 4 is 21.6 Å². The number of rotatable bonds is 6. The quantitative estimate of drug-likeness (QED) is 0.693. The molecule has 30 heavy (non-hydrogen) atoms. The summed E-state index contributed by atoms with van der Waals surface area (Å²) in [6, 6.07) is 12.1. The highest BCUT2D eigenvalue weighted by atomic mass is 32.2. The van der Waals surface area contributed by atoms with Crippen LogP contribution in [0.25, 0.3) is 0 Å². The van der Waals surface area contributed by atoms with Crippen LogP contribution < -0.4 is 14.4 Å². The second-order valence-corrected chi connectivity index (χ2v) is 9.06. The first-order valence-electron chi connectivity index (χ1n) is 9.56. The number of carbonyl (C=O) groups is 1. The molecule has 1 aliphatic heterocycles. The van der Waals surface area contributed by atoms with Gasteiger partial charge < -0.3 is 19.3 Å². The molecule has 0 radical (unpaired) electrons. The maximum absolute atomic E-state index is 13.2. The van der Waals surface area contributed by atoms with Gasteiger partial charge >= 0.3 is 0 Å². The Bertz CT molecular complexity index is 1020. The van der Waals surface area contributed by atoms with Gasteiger partial charge in [0, 0.05) is 57.6 Å². The molecule has 162 valence electrons. The molecule has 0 saturated carbocycles. The molecule has 2 aromatic rings. The molecule has 0 N–H and O–H groups in total. The summed E-state index contributed by atoms with van der Waals surface area (Å²) in [5, 5.41) is 0. The van der Waals surface area contributed by atoms with Crippen molar-refractivity contribution in [3.8, 4) is 11.5 Å². The molecule has 1 heterocycles. The van der Waals surface area contributed by atoms with Crippen molar-refractivity contribution in [1.82, 2.24) is 9.21 Å². The molecular weight excluding hydrogens is 406 g/mol. The summed E-state index contributed by atoms with van der Waals surface area (Å²) in [7, 11) is 2.96. The number of carbonyl (C=O) groups excluding carboxylic acids is 1. The van der Waals surface area contributed by atoms with Crippen molar-refractivity contribution in [1.29, 1.82) is 0 Å². The number of hydrogen-bond acceptors (Lipinski definition) is 6. The summed E-state index contributed by atoms with van der Waals surface area (Å²) in [6.07, 6.45) is 0. The third kappa shape index (κ3) is 4.36. The van der Waals surface area contributed by atoms with Crippen LogP contribution in [-0.2, 0) is 10.0 Å². The number of nitrogens with zero attached hydrogens (tertiary/aromatic N) is 3. The average Bonchev–Trinajstić information content (AvgIpc) is 2.78. The van der Waals surface area contributed by atoms with E-state index in [2.05, 4.69) is 0 Å². The van der Waals surface area contributed by atoms with E-state index >= 15 is 0 Å². The Kier molecular flexibility index (Phi) is 6.52. The first kappa shape index (κ1) is 21.9. The smallest absolute Gasteiger partial charge is 0.254 e. The van der Waals surface area contributed by atoms with Crippen LogP contribution >= 0.6 is 0 Å². The highest BCUT2D eigenvalue weighted by molar-refractivity contribution is 7.89. The van der Waals surface area contributed by atoms with Crippen molar-refractivity contribution in [3.05, 3.63) is 48.0 Å². The summed E-state index contributed by atoms with van der Waals surface area (Å²) in [6.45, 7) is 1.05. The molecule has 0 atom stereocenters. The summed E-state index contributed by atoms with van der Waals surface area (Å²) < 4.78 is 38.2. The largest absolute Gasteiger partial charge is 0.497 e. The van der Waals surface area contributed by atoms with E-state index in [4.69, 9.17) is 9.47 Å². The number of ether oxygens (including phenoxy) is 2. The van der Waals surface area contributed by atoms with Crippen molar-refractivity contribution in [2.24, 2.45) is 0 Å². The Morgan fingerprint density at radius 2 is 1.67 bits per heavy atom. The van der Waals surface area contributed by atoms with Gasteiger partial charge in [-0.2, -0.15) is 4.31 Å². The van der Waals surface area contributed by atoms with Gasteiger partial charge in [0.15, 0.2) is 0 Å². The minimum Gasteiger partial charge on any atom is -0.497 e. The zero-order valence-corrected chi connectivity index (χ0v) is 18.5. The number of benzene rings is 2. The van der Waals surface area contributed by atoms with Crippen LogP contribution in [0.2, 0.25) is 0 Å². The van der Waals surface area contributed by atoms with Crippen molar-refractivity contribution in [2.75, 3.05) is 59.4 Å². The van der Waals surface area contributed by atoms with Crippen LogP contribution in [0.3, 0.4) is 0 Å². The zero-order valence-electron chi connectivity index (χ0n) is 17.7. The minimum absolute atomic E-state index is 0.0582. The number of anilines is 1. The third-order valence-electron chi connectivity index (χ3n) is 5.12. The molecule has 9 heteroatoms. The van der Waals surface area contributed by atoms with Gasteiger partial charge in [0.2, 0.25) is 10.0 Å². The van der Waals surface area contributed by atoms with Crippen LogP contribution in [0.4, 0.5) is 5.69 Å². The molecular formula is C21H27N3O5S. The van der Waals surface area contributed by atoms with Gasteiger partial charge in [-0.05, 0) is 30.3 Å². The van der Waals surface area contributed by atoms with E-state index in [0.29, 0.717) is 24.4 Å². The van der Waals surface area contributed by atoms with Crippen LogP contribution in [0.5, 0.6) is 11.5 Å². The highest BCUT2D eigenvalue weighted by Gasteiger charge is 2.32. The fourth-order valence-corrected chi connectivity index (χ4v) is 4.95. The Morgan fingerprint density at radius 1 is 0.967 bits per heavy atom. The lowest BCUT2D eigenvalue weighted by molar-refractivity contribution is 0.0698. The monoisotopic (exact) mass is 433 g/mol. The molecule has 0 unspecified atom stereocenters. The number of piperazine rings is 1. The number of amides is 1. The molecule has 1 fully saturated rings. The second kappa shape index (κ2) is 8.93. The molecule has 1 saturated heterocycles. The molecule has 0 bridgehead atoms. The van der Waals surface area contributed by atoms with Gasteiger partial charge in [-0.15, -0.1) is 0 Å². The van der Waals surface area contributed by atoms with Gasteiger partial charge in [0.25, 0.3) is 5.91 Å². The van der Waals surface area contributed by atoms with Crippen molar-refractivity contribution in [3.63, 3.8) is 0 Å². The number of hydrogen-bond donors (Lipinski definition) is 0. The maximum Gasteiger partial charge on any atom is 0.254 e. The standard InChI is InChI=1S/C21H27N3O5S/c1-22(2)17-7-5-6-16(14-17)21(25)23-10-12-24(13-11-23)30(26,27)20-15-18(28-3)8-9-19(20)29-4/h5-9,14-15H,10-13H2,1-4H3. The highest BCUT2D eigenvalue weighted by Crippen LogP contribution is 2.31. The fraction of sp³-hybridized carbons (Fsp3) is 0.381. The normalized spacial score (nSPS) is 15.0. The lowest BCUT2D eigenvalue weighted by Crippen LogP contribution is -2.50. The van der Waals surface area contributed by atoms with E-state index in [0.717, 1.165) is 5.69 Å². The molecule has 0 aromatic heterocycles. The molecule has 2 aromatic carbocycles. The SMILES string of the molecule is COc1ccc(OC)c(S(=O)(=O)N2CCN(C(=O)c3cccc(N(C)C)c3)CC2)c1. The first-order chi connectivity index (χ1) is 14.3. The van der Waals surface area contributed by atoms with Crippen molar-refractivity contribution in [2.45, 2.75) is 4.90 Å². The van der Waals surface area contributed by atoms with Gasteiger partial charge in [0.05, 0.1) is 14.2 Å². The van der Waals surface area contributed by atoms with E-state index in [1.54, 1.807) is 23.1 Å². The lowest BCUT2D eigenvalue weighted by atomic mass is 10.1. The van der Waals surface area contributed by atoms with Gasteiger partial charge in [0.1, 0.15) is 16.4 Å². The fourth-order valence-electron chi connectivity index (χ4n) is 3.36. The Labute approximate surface area is 177 Å². The van der Waals surface area contributed by atoms with Gasteiger partial charge in [-0.1, -0.05) is 6.07 Å². The zero-order chi connectivity index (χ0) is 21.9. The summed E-state index contributed by atoms with van der Waals surface area (Å²) in [5.74, 6) is 0.591. The van der Waals surface area contributed by atoms with Crippen LogP contribution in [-0.4, -0.2) is 78.0 Å². The summed E-state index contributed by atoms with van der Waals surface area (Å²) in [5.41, 5.74) is 1.53. The molecule has 1 amide bonds. The third-order valence-corrected chi connectivity index (χ3v) is 7.04. The first-order valence-corrected chi connectivity index (χ1v) is 11.0. The molecule has 8 nitrogen and oxygen atoms in total. The molecule has 0 spiro atoms. The molecule has 1 aliphatic rings. The number of sulfonamides is 1. The second-order valence-electron chi connectivity index (χ2n) is 7.16. The van der Waals surface area contributed by atoms with E-state index < -0.39 is 10.0 Å². The topological polar surface area (TPSA) is 79.4 Å². The number of methoxy groups -OCH3 is 2. The Morgan fingerprint density at radius 3 is 2.27 bits per heavy atom. The van der Waals surface area contributed by atoms with Crippen molar-refractivity contribution < 1.29 is 22.7 Å². The molecule has 0 aliphatic carbocycles. The lowest BCUT2D eigenvalue weighted by Gasteiger charge is -2.34. The van der Waals surface area contributed by atoms with Gasteiger partial charge in [-0.25, -0.2) is 8.42 Å². The van der Waals surface area contributed by atoms with Crippen LogP contribution in [0.15, 0.2) is 47.4 Å². The Balaban J connectivity index is 1.75. The summed E-state index contributed by atoms with van der Waals surface area (Å²) >= 11 is 0. The maximum atomic E-state index is 13.2. The Hall–Kier alpha value is -2.78. The minimum atomic E-state index is -3.79. The van der Waals surface area contributed by atoms with Gasteiger partial charge in [-0.3, -0.25) is 4.79 Å². The van der Waals surface area contributed by atoms with E-state index in [1.165, 1.54) is 24.6 Å². The van der Waals surface area contributed by atoms with E-state index in [9.17, 15) is 13.2 Å². The average molecular weight is 434 g/mol. The van der Waals surface area contributed by atoms with Crippen LogP contribution in [0.1, 0.15) is 10.4 Å². The predicted octanol–water partition coefficient (Wildman–Crippen LogP) is 1.92. The predicted molar refractivity (Wildman–Crippen MR) is 115 cm³/mol. The van der Waals surface area contributed by atoms with E-state index in [-0.39, 0.29) is 29.6 Å². The van der Waals surface area contributed by atoms with E-state index in [1.807, 2.05) is 37.2 Å². The van der Waals surface area contributed by atoms with Crippen LogP contribution in [0, 0.1) is 0 Å². The molecule has 3 rings (SSSR count). The summed E-state index contributed by atoms with van der Waals surface area (Å²) in [4.78, 5) is 16.6.